The van der Waals surface area contributed by atoms with Crippen molar-refractivity contribution in [1.29, 1.82) is 0 Å². The minimum absolute atomic E-state index is 0.0879. The molecule has 1 N–H and O–H groups in total. The number of halogens is 1. The highest BCUT2D eigenvalue weighted by atomic mass is 19.1. The van der Waals surface area contributed by atoms with Crippen LogP contribution in [0.15, 0.2) is 48.8 Å². The van der Waals surface area contributed by atoms with Gasteiger partial charge in [-0.3, -0.25) is 14.7 Å². The van der Waals surface area contributed by atoms with Gasteiger partial charge in [0.15, 0.2) is 0 Å². The van der Waals surface area contributed by atoms with Gasteiger partial charge in [0.25, 0.3) is 0 Å². The molecule has 4 nitrogen and oxygen atoms in total. The second kappa shape index (κ2) is 9.60. The number of pyridine rings is 1. The topological polar surface area (TPSA) is 45.2 Å². The summed E-state index contributed by atoms with van der Waals surface area (Å²) in [6.07, 6.45) is 8.91. The molecule has 0 bridgehead atoms. The third kappa shape index (κ3) is 5.86. The maximum atomic E-state index is 13.1. The molecule has 0 radical (unpaired) electrons. The van der Waals surface area contributed by atoms with E-state index in [0.29, 0.717) is 12.6 Å². The summed E-state index contributed by atoms with van der Waals surface area (Å²) in [4.78, 5) is 19.1. The van der Waals surface area contributed by atoms with Gasteiger partial charge in [-0.2, -0.15) is 0 Å². The molecule has 1 aromatic heterocycles. The van der Waals surface area contributed by atoms with Crippen LogP contribution in [-0.4, -0.2) is 34.4 Å². The van der Waals surface area contributed by atoms with E-state index in [9.17, 15) is 9.18 Å². The van der Waals surface area contributed by atoms with Crippen LogP contribution in [0.1, 0.15) is 43.7 Å². The first-order valence-electron chi connectivity index (χ1n) is 9.79. The Hall–Kier alpha value is -2.27. The summed E-state index contributed by atoms with van der Waals surface area (Å²) < 4.78 is 13.1. The first kappa shape index (κ1) is 19.5. The Balaban J connectivity index is 1.65. The number of carbonyl (C=O) groups is 1. The molecule has 1 atom stereocenters. The lowest BCUT2D eigenvalue weighted by Gasteiger charge is -2.29. The number of amides is 1. The molecule has 2 aromatic rings. The van der Waals surface area contributed by atoms with Crippen molar-refractivity contribution < 1.29 is 9.18 Å². The summed E-state index contributed by atoms with van der Waals surface area (Å²) in [5, 5.41) is 3.20. The van der Waals surface area contributed by atoms with Gasteiger partial charge in [0, 0.05) is 31.5 Å². The Morgan fingerprint density at radius 2 is 1.96 bits per heavy atom. The summed E-state index contributed by atoms with van der Waals surface area (Å²) >= 11 is 0. The molecule has 1 fully saturated rings. The first-order chi connectivity index (χ1) is 13.1. The quantitative estimate of drug-likeness (QED) is 0.771. The second-order valence-corrected chi connectivity index (χ2v) is 7.37. The Bertz CT molecular complexity index is 714. The van der Waals surface area contributed by atoms with Crippen LogP contribution in [0.5, 0.6) is 0 Å². The molecule has 0 aliphatic heterocycles. The zero-order chi connectivity index (χ0) is 19.1. The lowest BCUT2D eigenvalue weighted by Crippen LogP contribution is -2.48. The van der Waals surface area contributed by atoms with E-state index in [-0.39, 0.29) is 17.8 Å². The summed E-state index contributed by atoms with van der Waals surface area (Å²) in [6.45, 7) is 3.35. The van der Waals surface area contributed by atoms with Crippen molar-refractivity contribution in [3.05, 3.63) is 65.7 Å². The van der Waals surface area contributed by atoms with Crippen molar-refractivity contribution in [2.45, 2.75) is 57.7 Å². The molecule has 144 valence electrons. The van der Waals surface area contributed by atoms with Gasteiger partial charge in [-0.25, -0.2) is 4.39 Å². The Morgan fingerprint density at radius 3 is 2.63 bits per heavy atom. The predicted octanol–water partition coefficient (Wildman–Crippen LogP) is 3.71. The zero-order valence-electron chi connectivity index (χ0n) is 15.9. The van der Waals surface area contributed by atoms with Crippen molar-refractivity contribution in [3.63, 3.8) is 0 Å². The number of nitrogens with one attached hydrogen (secondary N) is 1. The molecule has 0 spiro atoms. The molecule has 0 saturated heterocycles. The van der Waals surface area contributed by atoms with E-state index in [2.05, 4.69) is 15.2 Å². The van der Waals surface area contributed by atoms with Crippen LogP contribution in [0, 0.1) is 5.82 Å². The average molecular weight is 369 g/mol. The second-order valence-electron chi connectivity index (χ2n) is 7.37. The lowest BCUT2D eigenvalue weighted by atomic mass is 10.1. The third-order valence-corrected chi connectivity index (χ3v) is 5.34. The highest BCUT2D eigenvalue weighted by molar-refractivity contribution is 5.81. The van der Waals surface area contributed by atoms with Crippen LogP contribution in [0.2, 0.25) is 0 Å². The highest BCUT2D eigenvalue weighted by Gasteiger charge is 2.25. The SMILES string of the molecule is CC(C(=O)NC1CCCC1)N(CCc1ccc(F)cc1)Cc1cccnc1. The normalized spacial score (nSPS) is 15.8. The minimum Gasteiger partial charge on any atom is -0.352 e. The molecule has 1 saturated carbocycles. The molecule has 1 heterocycles. The molecular formula is C22H28FN3O. The van der Waals surface area contributed by atoms with E-state index < -0.39 is 0 Å². The Morgan fingerprint density at radius 1 is 1.22 bits per heavy atom. The van der Waals surface area contributed by atoms with Crippen molar-refractivity contribution in [3.8, 4) is 0 Å². The summed E-state index contributed by atoms with van der Waals surface area (Å²) in [6, 6.07) is 10.6. The zero-order valence-corrected chi connectivity index (χ0v) is 15.9. The standard InChI is InChI=1S/C22H28FN3O/c1-17(22(27)25-21-6-2-3-7-21)26(16-19-5-4-13-24-15-19)14-12-18-8-10-20(23)11-9-18/h4-5,8-11,13,15,17,21H,2-3,6-7,12,14,16H2,1H3,(H,25,27). The van der Waals surface area contributed by atoms with Crippen LogP contribution in [-0.2, 0) is 17.8 Å². The van der Waals surface area contributed by atoms with E-state index in [1.807, 2.05) is 25.3 Å². The fraction of sp³-hybridized carbons (Fsp3) is 0.455. The number of hydrogen-bond acceptors (Lipinski definition) is 3. The predicted molar refractivity (Wildman–Crippen MR) is 105 cm³/mol. The smallest absolute Gasteiger partial charge is 0.237 e. The van der Waals surface area contributed by atoms with Gasteiger partial charge >= 0.3 is 0 Å². The van der Waals surface area contributed by atoms with Gasteiger partial charge < -0.3 is 5.32 Å². The van der Waals surface area contributed by atoms with Crippen molar-refractivity contribution >= 4 is 5.91 Å². The maximum Gasteiger partial charge on any atom is 0.237 e. The largest absolute Gasteiger partial charge is 0.352 e. The van der Waals surface area contributed by atoms with Gasteiger partial charge in [-0.15, -0.1) is 0 Å². The molecule has 1 aromatic carbocycles. The number of aromatic nitrogens is 1. The number of hydrogen-bond donors (Lipinski definition) is 1. The van der Waals surface area contributed by atoms with Gasteiger partial charge in [0.2, 0.25) is 5.91 Å². The van der Waals surface area contributed by atoms with E-state index in [4.69, 9.17) is 0 Å². The number of benzene rings is 1. The minimum atomic E-state index is -0.230. The van der Waals surface area contributed by atoms with E-state index in [1.54, 1.807) is 18.3 Å². The fourth-order valence-corrected chi connectivity index (χ4v) is 3.62. The van der Waals surface area contributed by atoms with E-state index in [0.717, 1.165) is 36.9 Å². The molecule has 5 heteroatoms. The third-order valence-electron chi connectivity index (χ3n) is 5.34. The van der Waals surface area contributed by atoms with Crippen LogP contribution >= 0.6 is 0 Å². The van der Waals surface area contributed by atoms with Crippen molar-refractivity contribution in [2.75, 3.05) is 6.54 Å². The van der Waals surface area contributed by atoms with Crippen LogP contribution in [0.25, 0.3) is 0 Å². The van der Waals surface area contributed by atoms with Crippen LogP contribution < -0.4 is 5.32 Å². The number of nitrogens with zero attached hydrogens (tertiary/aromatic N) is 2. The lowest BCUT2D eigenvalue weighted by molar-refractivity contribution is -0.126. The molecular weight excluding hydrogens is 341 g/mol. The Kier molecular flexibility index (Phi) is 6.93. The van der Waals surface area contributed by atoms with Crippen LogP contribution in [0.4, 0.5) is 4.39 Å². The Labute approximate surface area is 160 Å². The van der Waals surface area contributed by atoms with E-state index >= 15 is 0 Å². The molecule has 3 rings (SSSR count). The molecule has 1 unspecified atom stereocenters. The molecule has 27 heavy (non-hydrogen) atoms. The highest BCUT2D eigenvalue weighted by Crippen LogP contribution is 2.18. The molecule has 1 aliphatic rings. The molecule has 1 amide bonds. The monoisotopic (exact) mass is 369 g/mol. The first-order valence-corrected chi connectivity index (χ1v) is 9.79. The van der Waals surface area contributed by atoms with E-state index in [1.165, 1.54) is 25.0 Å². The van der Waals surface area contributed by atoms with Crippen molar-refractivity contribution in [1.82, 2.24) is 15.2 Å². The number of rotatable bonds is 8. The summed E-state index contributed by atoms with van der Waals surface area (Å²) in [5.74, 6) is -0.139. The van der Waals surface area contributed by atoms with Crippen molar-refractivity contribution in [2.24, 2.45) is 0 Å². The number of carbonyl (C=O) groups excluding carboxylic acids is 1. The molecule has 1 aliphatic carbocycles. The summed E-state index contributed by atoms with van der Waals surface area (Å²) in [7, 11) is 0. The maximum absolute atomic E-state index is 13.1. The van der Waals surface area contributed by atoms with Gasteiger partial charge in [-0.05, 0) is 55.5 Å². The van der Waals surface area contributed by atoms with Crippen LogP contribution in [0.3, 0.4) is 0 Å². The van der Waals surface area contributed by atoms with Gasteiger partial charge in [0.1, 0.15) is 5.82 Å². The van der Waals surface area contributed by atoms with Gasteiger partial charge in [0.05, 0.1) is 6.04 Å². The summed E-state index contributed by atoms with van der Waals surface area (Å²) in [5.41, 5.74) is 2.15. The fourth-order valence-electron chi connectivity index (χ4n) is 3.62. The van der Waals surface area contributed by atoms with Gasteiger partial charge in [-0.1, -0.05) is 31.0 Å². The average Bonchev–Trinajstić information content (AvgIpc) is 3.19.